The van der Waals surface area contributed by atoms with Gasteiger partial charge in [0.2, 0.25) is 15.9 Å². The Balaban J connectivity index is 2.47. The largest absolute Gasteiger partial charge is 0.382 e. The summed E-state index contributed by atoms with van der Waals surface area (Å²) in [5, 5.41) is 7.51. The zero-order valence-corrected chi connectivity index (χ0v) is 11.3. The molecule has 1 aromatic rings. The molecule has 0 radical (unpaired) electrons. The predicted molar refractivity (Wildman–Crippen MR) is 69.1 cm³/mol. The van der Waals surface area contributed by atoms with Crippen molar-refractivity contribution < 1.29 is 22.7 Å². The summed E-state index contributed by atoms with van der Waals surface area (Å²) < 4.78 is 31.9. The summed E-state index contributed by atoms with van der Waals surface area (Å²) in [5.41, 5.74) is 0.466. The second-order valence-electron chi connectivity index (χ2n) is 3.66. The van der Waals surface area contributed by atoms with Gasteiger partial charge in [-0.1, -0.05) is 0 Å². The fraction of sp³-hybridized carbons (Fsp3) is 0.364. The SMILES string of the molecule is COCCOCC(=O)Nc1ccc(S(N)(=O)=O)cc1. The fourth-order valence-electron chi connectivity index (χ4n) is 1.23. The molecule has 3 N–H and O–H groups in total. The first-order valence-corrected chi connectivity index (χ1v) is 6.97. The van der Waals surface area contributed by atoms with E-state index in [1.54, 1.807) is 0 Å². The number of nitrogens with two attached hydrogens (primary N) is 1. The average molecular weight is 288 g/mol. The maximum atomic E-state index is 11.4. The van der Waals surface area contributed by atoms with E-state index in [1.807, 2.05) is 0 Å². The first kappa shape index (κ1) is 15.6. The lowest BCUT2D eigenvalue weighted by molar-refractivity contribution is -0.121. The van der Waals surface area contributed by atoms with Gasteiger partial charge in [-0.15, -0.1) is 0 Å². The standard InChI is InChI=1S/C11H16N2O5S/c1-17-6-7-18-8-11(14)13-9-2-4-10(5-3-9)19(12,15)16/h2-5H,6-8H2,1H3,(H,13,14)(H2,12,15,16). The van der Waals surface area contributed by atoms with Gasteiger partial charge < -0.3 is 14.8 Å². The van der Waals surface area contributed by atoms with E-state index in [4.69, 9.17) is 14.6 Å². The van der Waals surface area contributed by atoms with Crippen molar-refractivity contribution in [1.29, 1.82) is 0 Å². The van der Waals surface area contributed by atoms with E-state index in [-0.39, 0.29) is 17.4 Å². The number of hydrogen-bond acceptors (Lipinski definition) is 5. The van der Waals surface area contributed by atoms with Crippen LogP contribution in [0.2, 0.25) is 0 Å². The van der Waals surface area contributed by atoms with E-state index in [1.165, 1.54) is 31.4 Å². The molecule has 0 aliphatic carbocycles. The number of rotatable bonds is 7. The van der Waals surface area contributed by atoms with E-state index < -0.39 is 10.0 Å². The van der Waals surface area contributed by atoms with Gasteiger partial charge in [0.05, 0.1) is 18.1 Å². The minimum absolute atomic E-state index is 0.0122. The number of carbonyl (C=O) groups is 1. The third-order valence-electron chi connectivity index (χ3n) is 2.13. The average Bonchev–Trinajstić information content (AvgIpc) is 2.34. The van der Waals surface area contributed by atoms with Crippen LogP contribution in [0.15, 0.2) is 29.2 Å². The van der Waals surface area contributed by atoms with Crippen molar-refractivity contribution in [3.05, 3.63) is 24.3 Å². The molecule has 7 nitrogen and oxygen atoms in total. The highest BCUT2D eigenvalue weighted by Crippen LogP contribution is 2.12. The summed E-state index contributed by atoms with van der Waals surface area (Å²) in [4.78, 5) is 11.4. The minimum Gasteiger partial charge on any atom is -0.382 e. The van der Waals surface area contributed by atoms with Gasteiger partial charge in [-0.25, -0.2) is 13.6 Å². The van der Waals surface area contributed by atoms with Crippen molar-refractivity contribution in [2.45, 2.75) is 4.90 Å². The van der Waals surface area contributed by atoms with Gasteiger partial charge in [-0.3, -0.25) is 4.79 Å². The van der Waals surface area contributed by atoms with Crippen LogP contribution in [0.4, 0.5) is 5.69 Å². The Kier molecular flexibility index (Phi) is 5.90. The highest BCUT2D eigenvalue weighted by Gasteiger charge is 2.08. The van der Waals surface area contributed by atoms with Gasteiger partial charge in [-0.2, -0.15) is 0 Å². The Morgan fingerprint density at radius 2 is 1.89 bits per heavy atom. The van der Waals surface area contributed by atoms with Crippen molar-refractivity contribution in [2.75, 3.05) is 32.2 Å². The van der Waals surface area contributed by atoms with Crippen LogP contribution < -0.4 is 10.5 Å². The fourth-order valence-corrected chi connectivity index (χ4v) is 1.75. The molecule has 1 amide bonds. The molecule has 1 aromatic carbocycles. The Hall–Kier alpha value is -1.48. The van der Waals surface area contributed by atoms with Crippen LogP contribution in [-0.4, -0.2) is 41.3 Å². The van der Waals surface area contributed by atoms with E-state index in [0.29, 0.717) is 18.9 Å². The Bertz CT molecular complexity index is 512. The minimum atomic E-state index is -3.72. The molecular weight excluding hydrogens is 272 g/mol. The smallest absolute Gasteiger partial charge is 0.250 e. The number of methoxy groups -OCH3 is 1. The van der Waals surface area contributed by atoms with Crippen LogP contribution in [0.5, 0.6) is 0 Å². The molecule has 0 fully saturated rings. The molecule has 0 bridgehead atoms. The van der Waals surface area contributed by atoms with Crippen LogP contribution in [0.3, 0.4) is 0 Å². The molecule has 0 aromatic heterocycles. The third-order valence-corrected chi connectivity index (χ3v) is 3.06. The lowest BCUT2D eigenvalue weighted by atomic mass is 10.3. The summed E-state index contributed by atoms with van der Waals surface area (Å²) in [6.07, 6.45) is 0. The summed E-state index contributed by atoms with van der Waals surface area (Å²) >= 11 is 0. The van der Waals surface area contributed by atoms with Crippen molar-refractivity contribution in [3.8, 4) is 0 Å². The first-order chi connectivity index (χ1) is 8.93. The van der Waals surface area contributed by atoms with Crippen molar-refractivity contribution in [2.24, 2.45) is 5.14 Å². The number of benzene rings is 1. The summed E-state index contributed by atoms with van der Waals surface area (Å²) in [6.45, 7) is 0.644. The van der Waals surface area contributed by atoms with Gasteiger partial charge >= 0.3 is 0 Å². The van der Waals surface area contributed by atoms with Gasteiger partial charge in [-0.05, 0) is 24.3 Å². The maximum Gasteiger partial charge on any atom is 0.250 e. The van der Waals surface area contributed by atoms with Crippen LogP contribution in [0, 0.1) is 0 Å². The van der Waals surface area contributed by atoms with Crippen molar-refractivity contribution in [3.63, 3.8) is 0 Å². The lowest BCUT2D eigenvalue weighted by Crippen LogP contribution is -2.19. The Morgan fingerprint density at radius 3 is 2.42 bits per heavy atom. The monoisotopic (exact) mass is 288 g/mol. The topological polar surface area (TPSA) is 108 Å². The second-order valence-corrected chi connectivity index (χ2v) is 5.22. The number of ether oxygens (including phenoxy) is 2. The lowest BCUT2D eigenvalue weighted by Gasteiger charge is -2.06. The summed E-state index contributed by atoms with van der Waals surface area (Å²) in [6, 6.07) is 5.53. The van der Waals surface area contributed by atoms with Gasteiger partial charge in [0.25, 0.3) is 0 Å². The number of nitrogens with one attached hydrogen (secondary N) is 1. The van der Waals surface area contributed by atoms with Crippen LogP contribution in [-0.2, 0) is 24.3 Å². The number of anilines is 1. The number of hydrogen-bond donors (Lipinski definition) is 2. The zero-order valence-electron chi connectivity index (χ0n) is 10.5. The predicted octanol–water partition coefficient (Wildman–Crippen LogP) is -0.0645. The molecule has 1 rings (SSSR count). The molecule has 0 saturated carbocycles. The zero-order chi connectivity index (χ0) is 14.3. The molecule has 106 valence electrons. The van der Waals surface area contributed by atoms with E-state index in [9.17, 15) is 13.2 Å². The molecule has 0 atom stereocenters. The number of amides is 1. The van der Waals surface area contributed by atoms with Crippen LogP contribution >= 0.6 is 0 Å². The molecule has 0 spiro atoms. The Morgan fingerprint density at radius 1 is 1.26 bits per heavy atom. The molecule has 0 unspecified atom stereocenters. The molecule has 0 saturated heterocycles. The first-order valence-electron chi connectivity index (χ1n) is 5.43. The van der Waals surface area contributed by atoms with E-state index in [0.717, 1.165) is 0 Å². The van der Waals surface area contributed by atoms with Crippen molar-refractivity contribution in [1.82, 2.24) is 0 Å². The number of sulfonamides is 1. The van der Waals surface area contributed by atoms with Gasteiger partial charge in [0.1, 0.15) is 6.61 Å². The summed E-state index contributed by atoms with van der Waals surface area (Å²) in [5.74, 6) is -0.334. The molecule has 8 heteroatoms. The quantitative estimate of drug-likeness (QED) is 0.683. The Labute approximate surface area is 111 Å². The maximum absolute atomic E-state index is 11.4. The molecule has 0 aliphatic heterocycles. The number of carbonyl (C=O) groups excluding carboxylic acids is 1. The normalized spacial score (nSPS) is 11.3. The second kappa shape index (κ2) is 7.19. The molecular formula is C11H16N2O5S. The highest BCUT2D eigenvalue weighted by atomic mass is 32.2. The highest BCUT2D eigenvalue weighted by molar-refractivity contribution is 7.89. The van der Waals surface area contributed by atoms with Crippen LogP contribution in [0.25, 0.3) is 0 Å². The van der Waals surface area contributed by atoms with Crippen molar-refractivity contribution >= 4 is 21.6 Å². The molecule has 19 heavy (non-hydrogen) atoms. The summed E-state index contributed by atoms with van der Waals surface area (Å²) in [7, 11) is -2.18. The van der Waals surface area contributed by atoms with Gasteiger partial charge in [0, 0.05) is 12.8 Å². The van der Waals surface area contributed by atoms with Gasteiger partial charge in [0.15, 0.2) is 0 Å². The number of primary sulfonamides is 1. The van der Waals surface area contributed by atoms with Crippen LogP contribution in [0.1, 0.15) is 0 Å². The molecule has 0 heterocycles. The van der Waals surface area contributed by atoms with E-state index in [2.05, 4.69) is 5.32 Å². The molecule has 0 aliphatic rings. The third kappa shape index (κ3) is 5.79. The van der Waals surface area contributed by atoms with E-state index >= 15 is 0 Å².